The zero-order valence-corrected chi connectivity index (χ0v) is 12.8. The number of rotatable bonds is 3. The molecule has 0 bridgehead atoms. The van der Waals surface area contributed by atoms with Crippen molar-refractivity contribution in [1.82, 2.24) is 10.4 Å². The Morgan fingerprint density at radius 3 is 2.62 bits per heavy atom. The Morgan fingerprint density at radius 2 is 2.00 bits per heavy atom. The van der Waals surface area contributed by atoms with Crippen LogP contribution in [0.15, 0.2) is 17.8 Å². The van der Waals surface area contributed by atoms with E-state index in [0.29, 0.717) is 5.92 Å². The summed E-state index contributed by atoms with van der Waals surface area (Å²) in [6.45, 7) is 7.32. The fourth-order valence-corrected chi connectivity index (χ4v) is 3.67. The first kappa shape index (κ1) is 14.6. The van der Waals surface area contributed by atoms with E-state index in [-0.39, 0.29) is 5.91 Å². The molecule has 1 spiro atoms. The van der Waals surface area contributed by atoms with E-state index in [1.54, 1.807) is 0 Å². The number of aliphatic imine (C=N–C) groups is 1. The molecule has 1 N–H and O–H groups in total. The summed E-state index contributed by atoms with van der Waals surface area (Å²) < 4.78 is 0. The third-order valence-corrected chi connectivity index (χ3v) is 5.17. The third-order valence-electron chi connectivity index (χ3n) is 5.17. The molecular weight excluding hydrogens is 266 g/mol. The number of hydrogen-bond donors (Lipinski definition) is 1. The molecule has 2 fully saturated rings. The van der Waals surface area contributed by atoms with E-state index in [2.05, 4.69) is 18.8 Å². The minimum atomic E-state index is -0.542. The highest BCUT2D eigenvalue weighted by atomic mass is 16.7. The van der Waals surface area contributed by atoms with Gasteiger partial charge in [0.1, 0.15) is 17.6 Å². The number of nitrogens with zero attached hydrogens (tertiary/aromatic N) is 2. The lowest BCUT2D eigenvalue weighted by Crippen LogP contribution is -2.48. The predicted octanol–water partition coefficient (Wildman–Crippen LogP) is 2.25. The number of piperidine rings is 1. The van der Waals surface area contributed by atoms with E-state index in [9.17, 15) is 4.79 Å². The molecule has 3 aliphatic rings. The molecule has 116 valence electrons. The van der Waals surface area contributed by atoms with Crippen LogP contribution in [0.2, 0.25) is 0 Å². The number of carbonyl (C=O) groups is 1. The van der Waals surface area contributed by atoms with Crippen molar-refractivity contribution in [3.05, 3.63) is 12.8 Å². The van der Waals surface area contributed by atoms with Gasteiger partial charge in [-0.2, -0.15) is 0 Å². The van der Waals surface area contributed by atoms with Crippen LogP contribution >= 0.6 is 0 Å². The highest BCUT2D eigenvalue weighted by molar-refractivity contribution is 6.09. The summed E-state index contributed by atoms with van der Waals surface area (Å²) in [6.07, 6.45) is 7.67. The number of carbonyl (C=O) groups excluding carboxylic acids is 1. The molecular formula is C16H25N3O2. The van der Waals surface area contributed by atoms with Gasteiger partial charge in [0.25, 0.3) is 5.91 Å². The molecule has 0 aromatic carbocycles. The van der Waals surface area contributed by atoms with E-state index in [1.165, 1.54) is 19.1 Å². The summed E-state index contributed by atoms with van der Waals surface area (Å²) in [5.41, 5.74) is -0.542. The molecule has 3 rings (SSSR count). The van der Waals surface area contributed by atoms with Crippen molar-refractivity contribution in [3.8, 4) is 0 Å². The summed E-state index contributed by atoms with van der Waals surface area (Å²) in [6, 6.07) is 0. The Labute approximate surface area is 126 Å². The lowest BCUT2D eigenvalue weighted by atomic mass is 9.82. The summed E-state index contributed by atoms with van der Waals surface area (Å²) in [5, 5.41) is 4.93. The lowest BCUT2D eigenvalue weighted by Gasteiger charge is -2.33. The van der Waals surface area contributed by atoms with Crippen molar-refractivity contribution in [2.45, 2.75) is 51.0 Å². The lowest BCUT2D eigenvalue weighted by molar-refractivity contribution is -0.140. The van der Waals surface area contributed by atoms with Crippen molar-refractivity contribution in [3.63, 3.8) is 0 Å². The maximum Gasteiger partial charge on any atom is 0.253 e. The topological polar surface area (TPSA) is 53.9 Å². The number of hydrogen-bond acceptors (Lipinski definition) is 4. The highest BCUT2D eigenvalue weighted by Gasteiger charge is 2.47. The second-order valence-corrected chi connectivity index (χ2v) is 6.64. The van der Waals surface area contributed by atoms with Crippen LogP contribution in [0.1, 0.15) is 45.4 Å². The Balaban J connectivity index is 1.66. The van der Waals surface area contributed by atoms with Crippen molar-refractivity contribution in [1.29, 1.82) is 0 Å². The molecule has 2 heterocycles. The van der Waals surface area contributed by atoms with Gasteiger partial charge in [-0.25, -0.2) is 0 Å². The molecule has 1 amide bonds. The molecule has 0 unspecified atom stereocenters. The minimum absolute atomic E-state index is 0.0920. The van der Waals surface area contributed by atoms with E-state index >= 15 is 0 Å². The second kappa shape index (κ2) is 5.79. The highest BCUT2D eigenvalue weighted by Crippen LogP contribution is 2.35. The fourth-order valence-electron chi connectivity index (χ4n) is 3.67. The van der Waals surface area contributed by atoms with Gasteiger partial charge in [-0.1, -0.05) is 26.3 Å². The van der Waals surface area contributed by atoms with Gasteiger partial charge in [0.15, 0.2) is 0 Å². The van der Waals surface area contributed by atoms with E-state index < -0.39 is 5.54 Å². The van der Waals surface area contributed by atoms with Gasteiger partial charge in [0.05, 0.1) is 0 Å². The Hall–Kier alpha value is -1.36. The average Bonchev–Trinajstić information content (AvgIpc) is 2.80. The number of amides is 1. The van der Waals surface area contributed by atoms with Crippen LogP contribution in [0.3, 0.4) is 0 Å². The smallest absolute Gasteiger partial charge is 0.253 e. The van der Waals surface area contributed by atoms with E-state index in [0.717, 1.165) is 50.5 Å². The van der Waals surface area contributed by atoms with Gasteiger partial charge in [-0.05, 0) is 31.6 Å². The van der Waals surface area contributed by atoms with Crippen LogP contribution in [0, 0.1) is 11.8 Å². The van der Waals surface area contributed by atoms with Crippen molar-refractivity contribution < 1.29 is 9.63 Å². The second-order valence-electron chi connectivity index (χ2n) is 6.64. The normalized spacial score (nSPS) is 32.6. The zero-order chi connectivity index (χ0) is 14.9. The van der Waals surface area contributed by atoms with Crippen LogP contribution in [0.25, 0.3) is 0 Å². The van der Waals surface area contributed by atoms with Crippen molar-refractivity contribution >= 4 is 11.7 Å². The van der Waals surface area contributed by atoms with E-state index in [1.807, 2.05) is 5.06 Å². The number of hydroxylamine groups is 2. The average molecular weight is 291 g/mol. The van der Waals surface area contributed by atoms with Crippen molar-refractivity contribution in [2.24, 2.45) is 16.8 Å². The maximum atomic E-state index is 12.4. The summed E-state index contributed by atoms with van der Waals surface area (Å²) in [5.74, 6) is 2.30. The van der Waals surface area contributed by atoms with Gasteiger partial charge >= 0.3 is 0 Å². The molecule has 21 heavy (non-hydrogen) atoms. The fraction of sp³-hybridized carbons (Fsp3) is 0.750. The molecule has 5 heteroatoms. The quantitative estimate of drug-likeness (QED) is 0.811. The molecule has 0 aromatic rings. The number of nitrogens with one attached hydrogen (secondary N) is 1. The minimum Gasteiger partial charge on any atom is -0.414 e. The zero-order valence-electron chi connectivity index (χ0n) is 12.8. The molecule has 0 radical (unpaired) electrons. The summed E-state index contributed by atoms with van der Waals surface area (Å²) >= 11 is 0. The maximum absolute atomic E-state index is 12.4. The van der Waals surface area contributed by atoms with Crippen LogP contribution in [-0.2, 0) is 9.63 Å². The van der Waals surface area contributed by atoms with Crippen LogP contribution in [0.4, 0.5) is 0 Å². The Morgan fingerprint density at radius 1 is 1.33 bits per heavy atom. The summed E-state index contributed by atoms with van der Waals surface area (Å²) in [4.78, 5) is 22.6. The molecule has 1 saturated carbocycles. The molecule has 0 atom stereocenters. The van der Waals surface area contributed by atoms with E-state index in [4.69, 9.17) is 9.83 Å². The molecule has 5 nitrogen and oxygen atoms in total. The Bertz CT molecular complexity index is 444. The monoisotopic (exact) mass is 291 g/mol. The molecule has 0 aromatic heterocycles. The molecule has 1 saturated heterocycles. The largest absolute Gasteiger partial charge is 0.414 e. The first-order valence-corrected chi connectivity index (χ1v) is 8.07. The first-order chi connectivity index (χ1) is 10.1. The van der Waals surface area contributed by atoms with Crippen LogP contribution in [-0.4, -0.2) is 35.4 Å². The van der Waals surface area contributed by atoms with Crippen LogP contribution in [0.5, 0.6) is 0 Å². The van der Waals surface area contributed by atoms with Gasteiger partial charge in [0.2, 0.25) is 0 Å². The van der Waals surface area contributed by atoms with Gasteiger partial charge in [-0.15, -0.1) is 5.06 Å². The third kappa shape index (κ3) is 2.84. The summed E-state index contributed by atoms with van der Waals surface area (Å²) in [7, 11) is 0. The number of amidine groups is 1. The van der Waals surface area contributed by atoms with Gasteiger partial charge in [0, 0.05) is 19.0 Å². The van der Waals surface area contributed by atoms with Crippen LogP contribution < -0.4 is 5.32 Å². The molecule has 1 aliphatic carbocycles. The van der Waals surface area contributed by atoms with Crippen molar-refractivity contribution in [2.75, 3.05) is 13.1 Å². The SMILES string of the molecule is C=CON1CCC2(CC1)N=C(C1CCC(C)CC1)NC2=O. The molecule has 2 aliphatic heterocycles. The van der Waals surface area contributed by atoms with Gasteiger partial charge in [-0.3, -0.25) is 9.79 Å². The predicted molar refractivity (Wildman–Crippen MR) is 81.5 cm³/mol. The standard InChI is InChI=1S/C16H25N3O2/c1-3-21-19-10-8-16(9-11-19)15(20)17-14(18-16)13-6-4-12(2)5-7-13/h3,12-13H,1,4-11H2,2H3,(H,17,18,20). The first-order valence-electron chi connectivity index (χ1n) is 8.07. The van der Waals surface area contributed by atoms with Gasteiger partial charge < -0.3 is 10.2 Å². The Kier molecular flexibility index (Phi) is 4.02.